The molecular weight excluding hydrogens is 114 g/mol. The second-order valence-corrected chi connectivity index (χ2v) is 1.52. The van der Waals surface area contributed by atoms with Gasteiger partial charge < -0.3 is 4.84 Å². The summed E-state index contributed by atoms with van der Waals surface area (Å²) < 4.78 is 0. The first-order chi connectivity index (χ1) is 4.27. The Bertz CT molecular complexity index is 65.3. The third-order valence-corrected chi connectivity index (χ3v) is 0.412. The van der Waals surface area contributed by atoms with E-state index in [2.05, 4.69) is 10.3 Å². The first-order valence-corrected chi connectivity index (χ1v) is 3.23. The zero-order valence-electron chi connectivity index (χ0n) is 6.99. The molecule has 0 spiro atoms. The summed E-state index contributed by atoms with van der Waals surface area (Å²) >= 11 is 0. The lowest BCUT2D eigenvalue weighted by molar-refractivity contribution is 0.156. The molecule has 0 fully saturated rings. The first-order valence-electron chi connectivity index (χ1n) is 3.23. The molecule has 0 rings (SSSR count). The van der Waals surface area contributed by atoms with Gasteiger partial charge in [-0.2, -0.15) is 5.48 Å². The molecule has 0 aliphatic carbocycles. The topological polar surface area (TPSA) is 21.3 Å². The van der Waals surface area contributed by atoms with Gasteiger partial charge in [0.2, 0.25) is 0 Å². The molecule has 2 nitrogen and oxygen atoms in total. The van der Waals surface area contributed by atoms with Crippen molar-refractivity contribution in [1.29, 1.82) is 0 Å². The lowest BCUT2D eigenvalue weighted by Gasteiger charge is -1.92. The Morgan fingerprint density at radius 1 is 1.33 bits per heavy atom. The highest BCUT2D eigenvalue weighted by molar-refractivity contribution is 4.85. The maximum atomic E-state index is 4.68. The largest absolute Gasteiger partial charge is 0.417 e. The minimum absolute atomic E-state index is 1.15. The van der Waals surface area contributed by atoms with E-state index in [4.69, 9.17) is 0 Å². The van der Waals surface area contributed by atoms with Crippen LogP contribution in [0.5, 0.6) is 0 Å². The van der Waals surface area contributed by atoms with Crippen LogP contribution in [-0.4, -0.2) is 7.05 Å². The molecule has 2 heteroatoms. The highest BCUT2D eigenvalue weighted by Crippen LogP contribution is 1.84. The second kappa shape index (κ2) is 10.5. The van der Waals surface area contributed by atoms with Gasteiger partial charge >= 0.3 is 0 Å². The van der Waals surface area contributed by atoms with Crippen LogP contribution in [0.2, 0.25) is 0 Å². The molecule has 0 atom stereocenters. The standard InChI is InChI=1S/C5H11NO.C2H6/c1-5(2)4-7-6-3;1-2/h4,6H,1-3H3;1-2H3. The summed E-state index contributed by atoms with van der Waals surface area (Å²) in [6.07, 6.45) is 1.65. The zero-order valence-corrected chi connectivity index (χ0v) is 6.99. The molecule has 9 heavy (non-hydrogen) atoms. The molecule has 0 aromatic heterocycles. The quantitative estimate of drug-likeness (QED) is 0.457. The van der Waals surface area contributed by atoms with Crippen molar-refractivity contribution in [3.8, 4) is 0 Å². The van der Waals surface area contributed by atoms with E-state index in [1.807, 2.05) is 27.7 Å². The fourth-order valence-electron chi connectivity index (χ4n) is 0.177. The van der Waals surface area contributed by atoms with E-state index in [0.29, 0.717) is 0 Å². The average molecular weight is 131 g/mol. The van der Waals surface area contributed by atoms with Crippen molar-refractivity contribution < 1.29 is 4.84 Å². The van der Waals surface area contributed by atoms with E-state index in [-0.39, 0.29) is 0 Å². The average Bonchev–Trinajstić information content (AvgIpc) is 1.88. The van der Waals surface area contributed by atoms with E-state index in [1.165, 1.54) is 0 Å². The maximum absolute atomic E-state index is 4.68. The van der Waals surface area contributed by atoms with Gasteiger partial charge in [0.15, 0.2) is 0 Å². The van der Waals surface area contributed by atoms with Gasteiger partial charge in [0.25, 0.3) is 0 Å². The molecule has 0 saturated carbocycles. The summed E-state index contributed by atoms with van der Waals surface area (Å²) in [5.74, 6) is 0. The van der Waals surface area contributed by atoms with E-state index in [0.717, 1.165) is 5.57 Å². The molecule has 1 N–H and O–H groups in total. The molecule has 0 aromatic carbocycles. The molecule has 0 aromatic rings. The molecule has 0 heterocycles. The summed E-state index contributed by atoms with van der Waals surface area (Å²) in [7, 11) is 1.72. The third kappa shape index (κ3) is 18.5. The highest BCUT2D eigenvalue weighted by atomic mass is 16.6. The van der Waals surface area contributed by atoms with Crippen molar-refractivity contribution in [3.63, 3.8) is 0 Å². The maximum Gasteiger partial charge on any atom is 0.109 e. The first kappa shape index (κ1) is 11.3. The number of nitrogens with one attached hydrogen (secondary N) is 1. The number of hydrogen-bond donors (Lipinski definition) is 1. The molecule has 0 unspecified atom stereocenters. The SMILES string of the molecule is CC.CNOC=C(C)C. The summed E-state index contributed by atoms with van der Waals surface area (Å²) in [6.45, 7) is 7.94. The molecule has 0 aliphatic heterocycles. The Hall–Kier alpha value is -0.500. The van der Waals surface area contributed by atoms with E-state index >= 15 is 0 Å². The predicted octanol–water partition coefficient (Wildman–Crippen LogP) is 2.09. The predicted molar refractivity (Wildman–Crippen MR) is 40.9 cm³/mol. The smallest absolute Gasteiger partial charge is 0.109 e. The van der Waals surface area contributed by atoms with Crippen LogP contribution in [0, 0.1) is 0 Å². The molecule has 0 aliphatic rings. The summed E-state index contributed by atoms with van der Waals surface area (Å²) in [5, 5.41) is 0. The minimum Gasteiger partial charge on any atom is -0.417 e. The normalized spacial score (nSPS) is 6.78. The molecule has 0 radical (unpaired) electrons. The van der Waals surface area contributed by atoms with Gasteiger partial charge in [-0.3, -0.25) is 0 Å². The second-order valence-electron chi connectivity index (χ2n) is 1.52. The Morgan fingerprint density at radius 2 is 1.78 bits per heavy atom. The Balaban J connectivity index is 0. The van der Waals surface area contributed by atoms with Crippen LogP contribution in [0.15, 0.2) is 11.8 Å². The van der Waals surface area contributed by atoms with Crippen LogP contribution >= 0.6 is 0 Å². The third-order valence-electron chi connectivity index (χ3n) is 0.412. The van der Waals surface area contributed by atoms with E-state index in [1.54, 1.807) is 13.3 Å². The molecule has 0 amide bonds. The van der Waals surface area contributed by atoms with Gasteiger partial charge in [-0.05, 0) is 19.4 Å². The zero-order chi connectivity index (χ0) is 7.70. The van der Waals surface area contributed by atoms with Crippen molar-refractivity contribution in [1.82, 2.24) is 5.48 Å². The van der Waals surface area contributed by atoms with Gasteiger partial charge in [-0.25, -0.2) is 0 Å². The number of hydrogen-bond acceptors (Lipinski definition) is 2. The Labute approximate surface area is 57.9 Å². The van der Waals surface area contributed by atoms with E-state index in [9.17, 15) is 0 Å². The van der Waals surface area contributed by atoms with Crippen LogP contribution in [0.1, 0.15) is 27.7 Å². The number of hydroxylamine groups is 1. The van der Waals surface area contributed by atoms with Crippen molar-refractivity contribution in [2.75, 3.05) is 7.05 Å². The van der Waals surface area contributed by atoms with Crippen LogP contribution in [0.3, 0.4) is 0 Å². The van der Waals surface area contributed by atoms with Crippen LogP contribution in [-0.2, 0) is 4.84 Å². The lowest BCUT2D eigenvalue weighted by Crippen LogP contribution is -2.00. The van der Waals surface area contributed by atoms with Crippen molar-refractivity contribution in [2.45, 2.75) is 27.7 Å². The molecule has 0 saturated heterocycles. The Kier molecular flexibility index (Phi) is 13.2. The van der Waals surface area contributed by atoms with Gasteiger partial charge in [0.05, 0.1) is 0 Å². The Morgan fingerprint density at radius 3 is 1.89 bits per heavy atom. The summed E-state index contributed by atoms with van der Waals surface area (Å²) in [4.78, 5) is 4.68. The van der Waals surface area contributed by atoms with Crippen molar-refractivity contribution >= 4 is 0 Å². The summed E-state index contributed by atoms with van der Waals surface area (Å²) in [5.41, 5.74) is 3.67. The molecular formula is C7H17NO. The fraction of sp³-hybridized carbons (Fsp3) is 0.714. The summed E-state index contributed by atoms with van der Waals surface area (Å²) in [6, 6.07) is 0. The van der Waals surface area contributed by atoms with Crippen molar-refractivity contribution in [2.24, 2.45) is 0 Å². The van der Waals surface area contributed by atoms with Crippen LogP contribution < -0.4 is 5.48 Å². The number of rotatable bonds is 2. The van der Waals surface area contributed by atoms with Gasteiger partial charge in [-0.15, -0.1) is 0 Å². The molecule has 56 valence electrons. The molecule has 0 bridgehead atoms. The minimum atomic E-state index is 1.15. The fourth-order valence-corrected chi connectivity index (χ4v) is 0.177. The highest BCUT2D eigenvalue weighted by Gasteiger charge is 1.71. The number of allylic oxidation sites excluding steroid dienone is 1. The van der Waals surface area contributed by atoms with Crippen LogP contribution in [0.25, 0.3) is 0 Å². The van der Waals surface area contributed by atoms with Gasteiger partial charge in [0.1, 0.15) is 6.26 Å². The van der Waals surface area contributed by atoms with Gasteiger partial charge in [0, 0.05) is 7.05 Å². The van der Waals surface area contributed by atoms with Gasteiger partial charge in [-0.1, -0.05) is 13.8 Å². The monoisotopic (exact) mass is 131 g/mol. The lowest BCUT2D eigenvalue weighted by atomic mass is 10.4. The van der Waals surface area contributed by atoms with Crippen molar-refractivity contribution in [3.05, 3.63) is 11.8 Å². The van der Waals surface area contributed by atoms with Crippen LogP contribution in [0.4, 0.5) is 0 Å². The van der Waals surface area contributed by atoms with E-state index < -0.39 is 0 Å².